The highest BCUT2D eigenvalue weighted by Crippen LogP contribution is 2.16. The van der Waals surface area contributed by atoms with Crippen LogP contribution < -0.4 is 0 Å². The van der Waals surface area contributed by atoms with Gasteiger partial charge < -0.3 is 0 Å². The first-order valence-electron chi connectivity index (χ1n) is 4.02. The molecule has 2 heterocycles. The topological polar surface area (TPSA) is 30.7 Å². The van der Waals surface area contributed by atoms with E-state index in [1.54, 1.807) is 24.4 Å². The summed E-state index contributed by atoms with van der Waals surface area (Å²) in [5.74, 6) is 0. The number of alkyl halides is 2. The lowest BCUT2D eigenvalue weighted by atomic mass is 10.3. The lowest BCUT2D eigenvalue weighted by Crippen LogP contribution is -1.98. The van der Waals surface area contributed by atoms with Crippen molar-refractivity contribution in [3.63, 3.8) is 0 Å². The van der Waals surface area contributed by atoms with Crippen LogP contribution in [0.2, 0.25) is 0 Å². The van der Waals surface area contributed by atoms with E-state index in [2.05, 4.69) is 10.1 Å². The number of hydrogen-bond acceptors (Lipinski definition) is 2. The largest absolute Gasteiger partial charge is 0.333 e. The van der Waals surface area contributed by atoms with Crippen molar-refractivity contribution in [2.45, 2.75) is 6.55 Å². The Bertz CT molecular complexity index is 411. The molecule has 0 amide bonds. The summed E-state index contributed by atoms with van der Waals surface area (Å²) in [4.78, 5) is 4.00. The van der Waals surface area contributed by atoms with Gasteiger partial charge in [0, 0.05) is 12.4 Å². The number of nitrogens with zero attached hydrogens (tertiary/aromatic N) is 3. The Hall–Kier alpha value is -1.78. The fourth-order valence-corrected chi connectivity index (χ4v) is 1.10. The highest BCUT2D eigenvalue weighted by Gasteiger charge is 2.08. The van der Waals surface area contributed by atoms with Gasteiger partial charge in [0.1, 0.15) is 5.69 Å². The lowest BCUT2D eigenvalue weighted by Gasteiger charge is -1.96. The van der Waals surface area contributed by atoms with Crippen molar-refractivity contribution in [1.29, 1.82) is 0 Å². The molecular formula is C9H7F2N3. The van der Waals surface area contributed by atoms with Crippen LogP contribution in [-0.2, 0) is 0 Å². The van der Waals surface area contributed by atoms with E-state index in [9.17, 15) is 8.78 Å². The minimum absolute atomic E-state index is 0.450. The van der Waals surface area contributed by atoms with Gasteiger partial charge in [-0.3, -0.25) is 4.98 Å². The molecular weight excluding hydrogens is 188 g/mol. The van der Waals surface area contributed by atoms with E-state index in [4.69, 9.17) is 0 Å². The van der Waals surface area contributed by atoms with Gasteiger partial charge in [0.2, 0.25) is 0 Å². The van der Waals surface area contributed by atoms with E-state index in [1.807, 2.05) is 0 Å². The molecule has 0 fully saturated rings. The first-order chi connectivity index (χ1) is 6.77. The maximum absolute atomic E-state index is 12.2. The molecule has 3 nitrogen and oxygen atoms in total. The zero-order valence-corrected chi connectivity index (χ0v) is 7.14. The van der Waals surface area contributed by atoms with Crippen molar-refractivity contribution in [3.05, 3.63) is 36.7 Å². The molecule has 2 aromatic rings. The van der Waals surface area contributed by atoms with Gasteiger partial charge in [-0.1, -0.05) is 6.07 Å². The Morgan fingerprint density at radius 2 is 2.00 bits per heavy atom. The third-order valence-electron chi connectivity index (χ3n) is 1.74. The van der Waals surface area contributed by atoms with Gasteiger partial charge in [0.25, 0.3) is 0 Å². The summed E-state index contributed by atoms with van der Waals surface area (Å²) in [5.41, 5.74) is 1.04. The lowest BCUT2D eigenvalue weighted by molar-refractivity contribution is 0.0568. The summed E-state index contributed by atoms with van der Waals surface area (Å²) < 4.78 is 25.0. The van der Waals surface area contributed by atoms with Crippen LogP contribution in [0.3, 0.4) is 0 Å². The van der Waals surface area contributed by atoms with E-state index in [1.165, 1.54) is 12.3 Å². The fourth-order valence-electron chi connectivity index (χ4n) is 1.10. The molecule has 0 unspecified atom stereocenters. The van der Waals surface area contributed by atoms with E-state index < -0.39 is 6.55 Å². The van der Waals surface area contributed by atoms with E-state index in [0.717, 1.165) is 0 Å². The predicted octanol–water partition coefficient (Wildman–Crippen LogP) is 2.34. The van der Waals surface area contributed by atoms with Crippen LogP contribution in [0.1, 0.15) is 6.55 Å². The Morgan fingerprint density at radius 1 is 1.14 bits per heavy atom. The number of rotatable bonds is 2. The van der Waals surface area contributed by atoms with Gasteiger partial charge in [-0.2, -0.15) is 13.9 Å². The Labute approximate surface area is 79.0 Å². The number of hydrogen-bond donors (Lipinski definition) is 0. The highest BCUT2D eigenvalue weighted by atomic mass is 19.3. The molecule has 0 bridgehead atoms. The second kappa shape index (κ2) is 3.53. The maximum atomic E-state index is 12.2. The zero-order chi connectivity index (χ0) is 9.97. The Balaban J connectivity index is 2.34. The van der Waals surface area contributed by atoms with Crippen molar-refractivity contribution in [2.75, 3.05) is 0 Å². The molecule has 0 aliphatic heterocycles. The van der Waals surface area contributed by atoms with E-state index >= 15 is 0 Å². The third kappa shape index (κ3) is 1.61. The Kier molecular flexibility index (Phi) is 2.22. The quantitative estimate of drug-likeness (QED) is 0.736. The van der Waals surface area contributed by atoms with Gasteiger partial charge in [0.05, 0.1) is 5.69 Å². The minimum Gasteiger partial charge on any atom is -0.255 e. The van der Waals surface area contributed by atoms with Gasteiger partial charge in [0.15, 0.2) is 0 Å². The second-order valence-corrected chi connectivity index (χ2v) is 2.67. The normalized spacial score (nSPS) is 10.8. The molecule has 2 aromatic heterocycles. The number of halogens is 2. The summed E-state index contributed by atoms with van der Waals surface area (Å²) in [6.07, 6.45) is 2.82. The summed E-state index contributed by atoms with van der Waals surface area (Å²) in [5, 5.41) is 3.68. The zero-order valence-electron chi connectivity index (χ0n) is 7.14. The average molecular weight is 195 g/mol. The second-order valence-electron chi connectivity index (χ2n) is 2.67. The van der Waals surface area contributed by atoms with Crippen LogP contribution >= 0.6 is 0 Å². The van der Waals surface area contributed by atoms with Crippen LogP contribution in [0.5, 0.6) is 0 Å². The van der Waals surface area contributed by atoms with Crippen LogP contribution in [0.25, 0.3) is 11.4 Å². The first-order valence-corrected chi connectivity index (χ1v) is 4.02. The summed E-state index contributed by atoms with van der Waals surface area (Å²) in [7, 11) is 0. The molecule has 5 heteroatoms. The van der Waals surface area contributed by atoms with Crippen molar-refractivity contribution < 1.29 is 8.78 Å². The maximum Gasteiger partial charge on any atom is 0.333 e. The minimum atomic E-state index is -2.60. The molecule has 0 N–H and O–H groups in total. The summed E-state index contributed by atoms with van der Waals surface area (Å²) in [6.45, 7) is -2.60. The smallest absolute Gasteiger partial charge is 0.255 e. The van der Waals surface area contributed by atoms with Crippen LogP contribution in [0, 0.1) is 0 Å². The van der Waals surface area contributed by atoms with E-state index in [0.29, 0.717) is 16.1 Å². The van der Waals surface area contributed by atoms with Crippen molar-refractivity contribution >= 4 is 0 Å². The first kappa shape index (κ1) is 8.80. The average Bonchev–Trinajstić information content (AvgIpc) is 2.68. The molecule has 0 saturated heterocycles. The molecule has 0 aliphatic carbocycles. The summed E-state index contributed by atoms with van der Waals surface area (Å²) >= 11 is 0. The van der Waals surface area contributed by atoms with Crippen LogP contribution in [0.15, 0.2) is 36.7 Å². The van der Waals surface area contributed by atoms with Gasteiger partial charge >= 0.3 is 6.55 Å². The molecule has 2 rings (SSSR count). The monoisotopic (exact) mass is 195 g/mol. The highest BCUT2D eigenvalue weighted by molar-refractivity contribution is 5.52. The molecule has 0 saturated carbocycles. The third-order valence-corrected chi connectivity index (χ3v) is 1.74. The number of pyridine rings is 1. The van der Waals surface area contributed by atoms with Crippen molar-refractivity contribution in [1.82, 2.24) is 14.8 Å². The molecule has 0 atom stereocenters. The van der Waals surface area contributed by atoms with Crippen LogP contribution in [0.4, 0.5) is 8.78 Å². The van der Waals surface area contributed by atoms with E-state index in [-0.39, 0.29) is 0 Å². The molecule has 72 valence electrons. The molecule has 0 aromatic carbocycles. The van der Waals surface area contributed by atoms with Gasteiger partial charge in [-0.05, 0) is 18.2 Å². The van der Waals surface area contributed by atoms with Crippen LogP contribution in [-0.4, -0.2) is 14.8 Å². The summed E-state index contributed by atoms with van der Waals surface area (Å²) in [6, 6.07) is 6.77. The standard InChI is InChI=1S/C9H7F2N3/c10-9(11)14-6-4-8(13-14)7-3-1-2-5-12-7/h1-6,9H. The molecule has 0 spiro atoms. The Morgan fingerprint density at radius 3 is 2.57 bits per heavy atom. The fraction of sp³-hybridized carbons (Fsp3) is 0.111. The van der Waals surface area contributed by atoms with Gasteiger partial charge in [-0.25, -0.2) is 4.68 Å². The molecule has 0 radical (unpaired) electrons. The van der Waals surface area contributed by atoms with Crippen molar-refractivity contribution in [2.24, 2.45) is 0 Å². The molecule has 0 aliphatic rings. The number of aromatic nitrogens is 3. The SMILES string of the molecule is FC(F)n1ccc(-c2ccccn2)n1. The van der Waals surface area contributed by atoms with Gasteiger partial charge in [-0.15, -0.1) is 0 Å². The predicted molar refractivity (Wildman–Crippen MR) is 46.7 cm³/mol. The molecule has 14 heavy (non-hydrogen) atoms. The van der Waals surface area contributed by atoms with Crippen molar-refractivity contribution in [3.8, 4) is 11.4 Å².